The first-order valence-corrected chi connectivity index (χ1v) is 7.85. The summed E-state index contributed by atoms with van der Waals surface area (Å²) < 4.78 is 28.8. The summed E-state index contributed by atoms with van der Waals surface area (Å²) in [4.78, 5) is 24.9. The molecule has 1 saturated heterocycles. The molecule has 9 heteroatoms. The van der Waals surface area contributed by atoms with Crippen LogP contribution in [-0.2, 0) is 10.3 Å². The number of para-hydroxylation sites is 1. The number of halogens is 2. The molecule has 0 spiro atoms. The molecule has 27 heavy (non-hydrogen) atoms. The lowest BCUT2D eigenvalue weighted by Crippen LogP contribution is -2.40. The summed E-state index contributed by atoms with van der Waals surface area (Å²) in [5.74, 6) is -0.768. The first-order chi connectivity index (χ1) is 12.8. The van der Waals surface area contributed by atoms with E-state index in [2.05, 4.69) is 15.2 Å². The molecule has 2 aromatic rings. The first-order valence-electron chi connectivity index (χ1n) is 7.85. The number of hydrazone groups is 1. The van der Waals surface area contributed by atoms with Crippen LogP contribution in [0.4, 0.5) is 13.6 Å². The third-order valence-electron chi connectivity index (χ3n) is 4.08. The van der Waals surface area contributed by atoms with E-state index in [9.17, 15) is 23.5 Å². The molecule has 1 fully saturated rings. The lowest BCUT2D eigenvalue weighted by Gasteiger charge is -2.21. The SMILES string of the molecule is C[C@@]1(c2ccc(OC(F)F)cc2)NC(=O)N(/N=C/c2ccccc2O)C1=O. The van der Waals surface area contributed by atoms with Crippen LogP contribution in [-0.4, -0.2) is 34.9 Å². The van der Waals surface area contributed by atoms with E-state index >= 15 is 0 Å². The zero-order chi connectivity index (χ0) is 19.6. The number of carbonyl (C=O) groups is 2. The zero-order valence-electron chi connectivity index (χ0n) is 14.1. The summed E-state index contributed by atoms with van der Waals surface area (Å²) >= 11 is 0. The van der Waals surface area contributed by atoms with Gasteiger partial charge in [-0.1, -0.05) is 24.3 Å². The van der Waals surface area contributed by atoms with Gasteiger partial charge in [-0.2, -0.15) is 13.9 Å². The minimum absolute atomic E-state index is 0.0503. The molecule has 1 aliphatic rings. The van der Waals surface area contributed by atoms with Crippen molar-refractivity contribution in [2.45, 2.75) is 19.1 Å². The van der Waals surface area contributed by atoms with E-state index < -0.39 is 24.1 Å². The number of urea groups is 1. The molecule has 3 amide bonds. The summed E-state index contributed by atoms with van der Waals surface area (Å²) in [6, 6.07) is 10.9. The van der Waals surface area contributed by atoms with E-state index in [0.717, 1.165) is 0 Å². The molecule has 1 heterocycles. The van der Waals surface area contributed by atoms with Crippen LogP contribution in [0.3, 0.4) is 0 Å². The molecule has 2 N–H and O–H groups in total. The monoisotopic (exact) mass is 375 g/mol. The topological polar surface area (TPSA) is 91.2 Å². The molecule has 0 saturated carbocycles. The number of benzene rings is 2. The molecule has 2 aromatic carbocycles. The number of phenols is 1. The summed E-state index contributed by atoms with van der Waals surface area (Å²) in [6.45, 7) is -1.48. The second-order valence-corrected chi connectivity index (χ2v) is 5.88. The van der Waals surface area contributed by atoms with Gasteiger partial charge in [0, 0.05) is 5.56 Å². The van der Waals surface area contributed by atoms with Gasteiger partial charge in [0.2, 0.25) is 0 Å². The van der Waals surface area contributed by atoms with Crippen molar-refractivity contribution in [1.82, 2.24) is 10.3 Å². The van der Waals surface area contributed by atoms with Crippen molar-refractivity contribution in [3.8, 4) is 11.5 Å². The van der Waals surface area contributed by atoms with Crippen molar-refractivity contribution in [1.29, 1.82) is 0 Å². The maximum absolute atomic E-state index is 12.7. The van der Waals surface area contributed by atoms with Gasteiger partial charge in [-0.25, -0.2) is 4.79 Å². The quantitative estimate of drug-likeness (QED) is 0.621. The molecule has 7 nitrogen and oxygen atoms in total. The minimum Gasteiger partial charge on any atom is -0.507 e. The predicted octanol–water partition coefficient (Wildman–Crippen LogP) is 2.79. The molecular formula is C18H15F2N3O4. The predicted molar refractivity (Wildman–Crippen MR) is 91.5 cm³/mol. The van der Waals surface area contributed by atoms with Crippen LogP contribution in [0.15, 0.2) is 53.6 Å². The highest BCUT2D eigenvalue weighted by Gasteiger charge is 2.49. The Bertz CT molecular complexity index is 902. The van der Waals surface area contributed by atoms with Gasteiger partial charge in [0.1, 0.15) is 17.0 Å². The van der Waals surface area contributed by atoms with Gasteiger partial charge in [-0.3, -0.25) is 4.79 Å². The fraction of sp³-hybridized carbons (Fsp3) is 0.167. The first kappa shape index (κ1) is 18.3. The van der Waals surface area contributed by atoms with E-state index in [1.807, 2.05) is 0 Å². The Balaban J connectivity index is 1.83. The molecule has 1 atom stereocenters. The number of nitrogens with one attached hydrogen (secondary N) is 1. The molecule has 0 unspecified atom stereocenters. The van der Waals surface area contributed by atoms with E-state index in [4.69, 9.17) is 0 Å². The number of hydrogen-bond donors (Lipinski definition) is 2. The second kappa shape index (κ2) is 7.02. The Morgan fingerprint density at radius 3 is 2.48 bits per heavy atom. The summed E-state index contributed by atoms with van der Waals surface area (Å²) in [7, 11) is 0. The number of ether oxygens (including phenoxy) is 1. The summed E-state index contributed by atoms with van der Waals surface area (Å²) in [5, 5.41) is 16.8. The minimum atomic E-state index is -2.96. The molecular weight excluding hydrogens is 360 g/mol. The molecule has 0 bridgehead atoms. The number of hydrogen-bond acceptors (Lipinski definition) is 5. The van der Waals surface area contributed by atoms with Crippen LogP contribution in [0.25, 0.3) is 0 Å². The van der Waals surface area contributed by atoms with E-state index in [0.29, 0.717) is 16.1 Å². The van der Waals surface area contributed by atoms with Gasteiger partial charge in [0.15, 0.2) is 0 Å². The number of aromatic hydroxyl groups is 1. The van der Waals surface area contributed by atoms with Gasteiger partial charge >= 0.3 is 12.6 Å². The van der Waals surface area contributed by atoms with Crippen molar-refractivity contribution < 1.29 is 28.2 Å². The lowest BCUT2D eigenvalue weighted by atomic mass is 9.92. The number of rotatable bonds is 5. The Labute approximate surface area is 152 Å². The number of imide groups is 1. The maximum Gasteiger partial charge on any atom is 0.387 e. The Hall–Kier alpha value is -3.49. The Morgan fingerprint density at radius 2 is 1.85 bits per heavy atom. The number of carbonyl (C=O) groups excluding carboxylic acids is 2. The highest BCUT2D eigenvalue weighted by atomic mass is 19.3. The number of alkyl halides is 2. The molecule has 140 valence electrons. The summed E-state index contributed by atoms with van der Waals surface area (Å²) in [6.07, 6.45) is 1.19. The average Bonchev–Trinajstić information content (AvgIpc) is 2.84. The summed E-state index contributed by atoms with van der Waals surface area (Å²) in [5.41, 5.74) is -0.709. The maximum atomic E-state index is 12.7. The fourth-order valence-corrected chi connectivity index (χ4v) is 2.61. The van der Waals surface area contributed by atoms with Crippen LogP contribution >= 0.6 is 0 Å². The van der Waals surface area contributed by atoms with Crippen molar-refractivity contribution in [3.05, 3.63) is 59.7 Å². The smallest absolute Gasteiger partial charge is 0.387 e. The molecule has 0 radical (unpaired) electrons. The van der Waals surface area contributed by atoms with E-state index in [-0.39, 0.29) is 11.5 Å². The third kappa shape index (κ3) is 3.57. The lowest BCUT2D eigenvalue weighted by molar-refractivity contribution is -0.131. The zero-order valence-corrected chi connectivity index (χ0v) is 14.1. The van der Waals surface area contributed by atoms with Crippen molar-refractivity contribution >= 4 is 18.2 Å². The van der Waals surface area contributed by atoms with E-state index in [1.165, 1.54) is 43.5 Å². The van der Waals surface area contributed by atoms with Gasteiger partial charge in [-0.15, -0.1) is 5.01 Å². The fourth-order valence-electron chi connectivity index (χ4n) is 2.61. The van der Waals surface area contributed by atoms with Gasteiger partial charge < -0.3 is 15.2 Å². The largest absolute Gasteiger partial charge is 0.507 e. The van der Waals surface area contributed by atoms with Crippen molar-refractivity contribution in [2.24, 2.45) is 5.10 Å². The van der Waals surface area contributed by atoms with Crippen LogP contribution in [0.1, 0.15) is 18.1 Å². The van der Waals surface area contributed by atoms with Crippen LogP contribution in [0.5, 0.6) is 11.5 Å². The highest BCUT2D eigenvalue weighted by molar-refractivity contribution is 6.07. The highest BCUT2D eigenvalue weighted by Crippen LogP contribution is 2.30. The normalized spacial score (nSPS) is 19.8. The average molecular weight is 375 g/mol. The van der Waals surface area contributed by atoms with Gasteiger partial charge in [-0.05, 0) is 36.8 Å². The Morgan fingerprint density at radius 1 is 1.19 bits per heavy atom. The van der Waals surface area contributed by atoms with Crippen LogP contribution in [0.2, 0.25) is 0 Å². The van der Waals surface area contributed by atoms with Crippen molar-refractivity contribution in [3.63, 3.8) is 0 Å². The van der Waals surface area contributed by atoms with Gasteiger partial charge in [0.25, 0.3) is 5.91 Å². The number of phenolic OH excluding ortho intramolecular Hbond substituents is 1. The molecule has 3 rings (SSSR count). The third-order valence-corrected chi connectivity index (χ3v) is 4.08. The van der Waals surface area contributed by atoms with Crippen LogP contribution in [0, 0.1) is 0 Å². The van der Waals surface area contributed by atoms with Crippen LogP contribution < -0.4 is 10.1 Å². The van der Waals surface area contributed by atoms with E-state index in [1.54, 1.807) is 18.2 Å². The second-order valence-electron chi connectivity index (χ2n) is 5.88. The number of nitrogens with zero attached hydrogens (tertiary/aromatic N) is 2. The Kier molecular flexibility index (Phi) is 4.76. The molecule has 1 aliphatic heterocycles. The molecule has 0 aromatic heterocycles. The van der Waals surface area contributed by atoms with Gasteiger partial charge in [0.05, 0.1) is 6.21 Å². The van der Waals surface area contributed by atoms with Crippen molar-refractivity contribution in [2.75, 3.05) is 0 Å². The molecule has 0 aliphatic carbocycles. The number of amides is 3. The standard InChI is InChI=1S/C18H15F2N3O4/c1-18(12-6-8-13(9-7-12)27-16(19)20)15(25)23(17(26)22-18)21-10-11-4-2-3-5-14(11)24/h2-10,16,24H,1H3,(H,22,26)/b21-10+/t18-/m0/s1.